The third-order valence-corrected chi connectivity index (χ3v) is 4.79. The molecule has 0 spiro atoms. The molecule has 0 saturated heterocycles. The molecule has 138 valence electrons. The largest absolute Gasteiger partial charge is 0.493 e. The molecule has 2 heterocycles. The van der Waals surface area contributed by atoms with Gasteiger partial charge >= 0.3 is 5.97 Å². The second-order valence-corrected chi connectivity index (χ2v) is 7.00. The maximum atomic E-state index is 12.3. The summed E-state index contributed by atoms with van der Waals surface area (Å²) in [6.07, 6.45) is 3.10. The van der Waals surface area contributed by atoms with Gasteiger partial charge in [0.05, 0.1) is 19.9 Å². The van der Waals surface area contributed by atoms with Gasteiger partial charge in [-0.25, -0.2) is 4.79 Å². The summed E-state index contributed by atoms with van der Waals surface area (Å²) in [5.74, 6) is 0.455. The van der Waals surface area contributed by atoms with Crippen LogP contribution in [-0.2, 0) is 6.42 Å². The number of rotatable bonds is 5. The zero-order chi connectivity index (χ0) is 19.0. The average Bonchev–Trinajstić information content (AvgIpc) is 2.59. The van der Waals surface area contributed by atoms with Crippen molar-refractivity contribution in [1.29, 1.82) is 0 Å². The summed E-state index contributed by atoms with van der Waals surface area (Å²) >= 11 is 0. The number of fused-ring (bicyclic) bond motifs is 3. The van der Waals surface area contributed by atoms with Crippen molar-refractivity contribution < 1.29 is 19.4 Å². The fourth-order valence-corrected chi connectivity index (χ4v) is 3.65. The molecule has 1 atom stereocenters. The van der Waals surface area contributed by atoms with Gasteiger partial charge in [0.2, 0.25) is 0 Å². The number of carboxylic acid groups (broad SMARTS) is 1. The van der Waals surface area contributed by atoms with Crippen molar-refractivity contribution in [1.82, 2.24) is 4.57 Å². The number of pyridine rings is 1. The van der Waals surface area contributed by atoms with Gasteiger partial charge in [0.1, 0.15) is 5.56 Å². The van der Waals surface area contributed by atoms with Crippen LogP contribution in [0.4, 0.5) is 0 Å². The molecule has 1 aromatic heterocycles. The predicted molar refractivity (Wildman–Crippen MR) is 98.4 cm³/mol. The van der Waals surface area contributed by atoms with Crippen LogP contribution in [0.1, 0.15) is 42.2 Å². The quantitative estimate of drug-likeness (QED) is 0.888. The Morgan fingerprint density at radius 3 is 2.46 bits per heavy atom. The van der Waals surface area contributed by atoms with Gasteiger partial charge in [0.15, 0.2) is 16.9 Å². The number of hydrogen-bond acceptors (Lipinski definition) is 4. The zero-order valence-electron chi connectivity index (χ0n) is 15.4. The lowest BCUT2D eigenvalue weighted by Gasteiger charge is -2.32. The van der Waals surface area contributed by atoms with Crippen LogP contribution in [0, 0.1) is 5.92 Å². The summed E-state index contributed by atoms with van der Waals surface area (Å²) in [7, 11) is 3.16. The lowest BCUT2D eigenvalue weighted by Crippen LogP contribution is -2.26. The highest BCUT2D eigenvalue weighted by molar-refractivity contribution is 5.87. The van der Waals surface area contributed by atoms with Crippen molar-refractivity contribution in [2.45, 2.75) is 32.7 Å². The van der Waals surface area contributed by atoms with Gasteiger partial charge in [0, 0.05) is 23.9 Å². The number of benzene rings is 1. The van der Waals surface area contributed by atoms with Crippen molar-refractivity contribution in [2.24, 2.45) is 5.92 Å². The Bertz CT molecular complexity index is 913. The number of carboxylic acids is 1. The van der Waals surface area contributed by atoms with E-state index in [-0.39, 0.29) is 11.6 Å². The van der Waals surface area contributed by atoms with Crippen molar-refractivity contribution in [3.63, 3.8) is 0 Å². The lowest BCUT2D eigenvalue weighted by atomic mass is 9.88. The number of nitrogens with zero attached hydrogens (tertiary/aromatic N) is 1. The highest BCUT2D eigenvalue weighted by Gasteiger charge is 2.28. The van der Waals surface area contributed by atoms with E-state index in [1.54, 1.807) is 14.2 Å². The molecule has 0 radical (unpaired) electrons. The van der Waals surface area contributed by atoms with Crippen LogP contribution >= 0.6 is 0 Å². The smallest absolute Gasteiger partial charge is 0.341 e. The summed E-state index contributed by atoms with van der Waals surface area (Å²) in [5, 5.41) is 9.33. The molecule has 0 aliphatic carbocycles. The first kappa shape index (κ1) is 18.0. The Labute approximate surface area is 152 Å². The Morgan fingerprint density at radius 1 is 1.23 bits per heavy atom. The van der Waals surface area contributed by atoms with E-state index in [2.05, 4.69) is 13.8 Å². The third-order valence-electron chi connectivity index (χ3n) is 4.79. The molecule has 0 fully saturated rings. The average molecular weight is 357 g/mol. The summed E-state index contributed by atoms with van der Waals surface area (Å²) in [6, 6.07) is 5.29. The van der Waals surface area contributed by atoms with Gasteiger partial charge in [-0.2, -0.15) is 0 Å². The molecule has 0 amide bonds. The number of methoxy groups -OCH3 is 2. The van der Waals surface area contributed by atoms with E-state index in [0.29, 0.717) is 23.1 Å². The van der Waals surface area contributed by atoms with E-state index in [1.807, 2.05) is 16.7 Å². The molecular formula is C20H23NO5. The highest BCUT2D eigenvalue weighted by Crippen LogP contribution is 2.42. The topological polar surface area (TPSA) is 77.8 Å². The van der Waals surface area contributed by atoms with Crippen LogP contribution in [0.3, 0.4) is 0 Å². The highest BCUT2D eigenvalue weighted by atomic mass is 16.5. The molecule has 1 aliphatic heterocycles. The first-order chi connectivity index (χ1) is 12.3. The number of hydrogen-bond donors (Lipinski definition) is 1. The number of aromatic nitrogens is 1. The molecule has 1 aromatic carbocycles. The van der Waals surface area contributed by atoms with Crippen LogP contribution in [0.5, 0.6) is 11.5 Å². The summed E-state index contributed by atoms with van der Waals surface area (Å²) < 4.78 is 12.7. The minimum Gasteiger partial charge on any atom is -0.493 e. The summed E-state index contributed by atoms with van der Waals surface area (Å²) in [4.78, 5) is 23.7. The van der Waals surface area contributed by atoms with E-state index in [0.717, 1.165) is 24.0 Å². The number of aromatic carboxylic acids is 1. The van der Waals surface area contributed by atoms with Crippen LogP contribution in [0.2, 0.25) is 0 Å². The lowest BCUT2D eigenvalue weighted by molar-refractivity contribution is 0.0694. The summed E-state index contributed by atoms with van der Waals surface area (Å²) in [6.45, 7) is 4.26. The second-order valence-electron chi connectivity index (χ2n) is 7.00. The van der Waals surface area contributed by atoms with E-state index < -0.39 is 11.4 Å². The van der Waals surface area contributed by atoms with Gasteiger partial charge in [-0.15, -0.1) is 0 Å². The molecule has 6 nitrogen and oxygen atoms in total. The molecular weight excluding hydrogens is 334 g/mol. The summed E-state index contributed by atoms with van der Waals surface area (Å²) in [5.41, 5.74) is 1.96. The van der Waals surface area contributed by atoms with Crippen LogP contribution in [-0.4, -0.2) is 29.9 Å². The molecule has 0 saturated carbocycles. The number of ether oxygens (including phenoxy) is 2. The van der Waals surface area contributed by atoms with E-state index in [1.165, 1.54) is 12.3 Å². The Hall–Kier alpha value is -2.76. The van der Waals surface area contributed by atoms with Gasteiger partial charge in [-0.1, -0.05) is 13.8 Å². The standard InChI is InChI=1S/C20H23NO5/c1-11(2)5-13-6-12-7-18(25-3)19(26-4)8-14(12)16-9-17(22)15(20(23)24)10-21(13)16/h7-11,13H,5-6H2,1-4H3,(H,23,24). The second kappa shape index (κ2) is 6.86. The first-order valence-electron chi connectivity index (χ1n) is 8.60. The Morgan fingerprint density at radius 2 is 1.88 bits per heavy atom. The Kier molecular flexibility index (Phi) is 4.76. The van der Waals surface area contributed by atoms with Gasteiger partial charge in [-0.05, 0) is 36.5 Å². The van der Waals surface area contributed by atoms with Crippen LogP contribution in [0.15, 0.2) is 29.2 Å². The maximum absolute atomic E-state index is 12.3. The normalized spacial score (nSPS) is 15.3. The SMILES string of the molecule is COc1cc2c(cc1OC)-c1cc(=O)c(C(=O)O)cn1C(CC(C)C)C2. The molecule has 3 rings (SSSR count). The predicted octanol–water partition coefficient (Wildman–Crippen LogP) is 3.37. The molecule has 1 aliphatic rings. The molecule has 26 heavy (non-hydrogen) atoms. The third kappa shape index (κ3) is 3.07. The number of carbonyl (C=O) groups is 1. The van der Waals surface area contributed by atoms with Crippen molar-refractivity contribution in [3.05, 3.63) is 45.7 Å². The first-order valence-corrected chi connectivity index (χ1v) is 8.60. The molecule has 1 N–H and O–H groups in total. The molecule has 2 aromatic rings. The molecule has 6 heteroatoms. The van der Waals surface area contributed by atoms with Crippen LogP contribution in [0.25, 0.3) is 11.3 Å². The molecule has 0 bridgehead atoms. The van der Waals surface area contributed by atoms with Gasteiger partial charge in [0.25, 0.3) is 0 Å². The van der Waals surface area contributed by atoms with Crippen molar-refractivity contribution >= 4 is 5.97 Å². The molecule has 1 unspecified atom stereocenters. The van der Waals surface area contributed by atoms with Crippen molar-refractivity contribution in [3.8, 4) is 22.8 Å². The minimum absolute atomic E-state index is 0.0781. The van der Waals surface area contributed by atoms with E-state index >= 15 is 0 Å². The van der Waals surface area contributed by atoms with E-state index in [4.69, 9.17) is 9.47 Å². The van der Waals surface area contributed by atoms with E-state index in [9.17, 15) is 14.7 Å². The maximum Gasteiger partial charge on any atom is 0.341 e. The minimum atomic E-state index is -1.20. The fraction of sp³-hybridized carbons (Fsp3) is 0.400. The van der Waals surface area contributed by atoms with Gasteiger partial charge in [-0.3, -0.25) is 4.79 Å². The zero-order valence-corrected chi connectivity index (χ0v) is 15.4. The van der Waals surface area contributed by atoms with Crippen molar-refractivity contribution in [2.75, 3.05) is 14.2 Å². The van der Waals surface area contributed by atoms with Gasteiger partial charge < -0.3 is 19.1 Å². The Balaban J connectivity index is 2.26. The fourth-order valence-electron chi connectivity index (χ4n) is 3.65. The monoisotopic (exact) mass is 357 g/mol. The van der Waals surface area contributed by atoms with Crippen LogP contribution < -0.4 is 14.9 Å².